The lowest BCUT2D eigenvalue weighted by Crippen LogP contribution is -2.55. The third-order valence-electron chi connectivity index (χ3n) is 7.11. The van der Waals surface area contributed by atoms with E-state index in [9.17, 15) is 9.90 Å². The molecule has 0 radical (unpaired) electrons. The van der Waals surface area contributed by atoms with Crippen LogP contribution in [0.15, 0.2) is 67.1 Å². The van der Waals surface area contributed by atoms with Crippen molar-refractivity contribution >= 4 is 5.97 Å². The standard InChI is InChI=1S/C27H30N3O3/c1-30(16-6-8-20-18-28-14-15-29-20)17-7-9-21(19-30)33-26(31)27(32)24-12-4-2-10-22(24)23-11-3-5-13-25(23)27/h2-5,10-15,18,21,32H,6-9,16-17,19H2,1H3/q+1. The average molecular weight is 445 g/mol. The number of esters is 1. The maximum absolute atomic E-state index is 13.5. The first kappa shape index (κ1) is 21.7. The normalized spacial score (nSPS) is 22.9. The summed E-state index contributed by atoms with van der Waals surface area (Å²) in [7, 11) is 2.23. The molecule has 1 aromatic heterocycles. The van der Waals surface area contributed by atoms with E-state index in [1.807, 2.05) is 54.7 Å². The van der Waals surface area contributed by atoms with Crippen LogP contribution < -0.4 is 0 Å². The minimum Gasteiger partial charge on any atom is -0.454 e. The van der Waals surface area contributed by atoms with Crippen LogP contribution in [0.25, 0.3) is 11.1 Å². The Balaban J connectivity index is 1.29. The topological polar surface area (TPSA) is 72.3 Å². The number of likely N-dealkylation sites (tertiary alicyclic amines) is 1. The molecule has 0 amide bonds. The van der Waals surface area contributed by atoms with Crippen LogP contribution in [-0.2, 0) is 21.6 Å². The van der Waals surface area contributed by atoms with Gasteiger partial charge in [-0.25, -0.2) is 4.79 Å². The van der Waals surface area contributed by atoms with Crippen molar-refractivity contribution in [3.05, 3.63) is 83.9 Å². The lowest BCUT2D eigenvalue weighted by Gasteiger charge is -2.41. The number of likely N-dealkylation sites (N-methyl/N-ethyl adjacent to an activating group) is 1. The van der Waals surface area contributed by atoms with Crippen LogP contribution in [-0.4, -0.2) is 58.3 Å². The van der Waals surface area contributed by atoms with Gasteiger partial charge < -0.3 is 14.3 Å². The van der Waals surface area contributed by atoms with Crippen molar-refractivity contribution in [1.82, 2.24) is 9.97 Å². The summed E-state index contributed by atoms with van der Waals surface area (Å²) < 4.78 is 6.88. The molecule has 0 saturated carbocycles. The Hall–Kier alpha value is -3.09. The highest BCUT2D eigenvalue weighted by atomic mass is 16.6. The number of carbonyl (C=O) groups excluding carboxylic acids is 1. The van der Waals surface area contributed by atoms with Crippen LogP contribution in [0.2, 0.25) is 0 Å². The summed E-state index contributed by atoms with van der Waals surface area (Å²) >= 11 is 0. The maximum atomic E-state index is 13.5. The fourth-order valence-corrected chi connectivity index (χ4v) is 5.44. The molecule has 6 nitrogen and oxygen atoms in total. The lowest BCUT2D eigenvalue weighted by atomic mass is 9.91. The molecule has 6 heteroatoms. The summed E-state index contributed by atoms with van der Waals surface area (Å²) in [6, 6.07) is 15.1. The third kappa shape index (κ3) is 4.05. The molecule has 170 valence electrons. The summed E-state index contributed by atoms with van der Waals surface area (Å²) in [6.07, 6.45) is 8.73. The van der Waals surface area contributed by atoms with Crippen molar-refractivity contribution in [3.63, 3.8) is 0 Å². The van der Waals surface area contributed by atoms with Crippen LogP contribution >= 0.6 is 0 Å². The lowest BCUT2D eigenvalue weighted by molar-refractivity contribution is -0.917. The number of aliphatic hydroxyl groups is 1. The molecule has 2 unspecified atom stereocenters. The Labute approximate surface area is 194 Å². The third-order valence-corrected chi connectivity index (χ3v) is 7.11. The molecule has 0 bridgehead atoms. The fourth-order valence-electron chi connectivity index (χ4n) is 5.44. The quantitative estimate of drug-likeness (QED) is 0.466. The van der Waals surface area contributed by atoms with E-state index in [0.29, 0.717) is 11.1 Å². The van der Waals surface area contributed by atoms with Gasteiger partial charge in [0.15, 0.2) is 6.10 Å². The van der Waals surface area contributed by atoms with E-state index in [1.54, 1.807) is 12.4 Å². The minimum atomic E-state index is -1.76. The molecule has 1 saturated heterocycles. The number of benzene rings is 2. The monoisotopic (exact) mass is 444 g/mol. The highest BCUT2D eigenvalue weighted by Crippen LogP contribution is 2.48. The van der Waals surface area contributed by atoms with Crippen LogP contribution in [0.5, 0.6) is 0 Å². The van der Waals surface area contributed by atoms with Gasteiger partial charge in [0.25, 0.3) is 0 Å². The van der Waals surface area contributed by atoms with Crippen LogP contribution in [0.3, 0.4) is 0 Å². The molecule has 33 heavy (non-hydrogen) atoms. The molecular weight excluding hydrogens is 414 g/mol. The smallest absolute Gasteiger partial charge is 0.348 e. The second kappa shape index (κ2) is 8.69. The summed E-state index contributed by atoms with van der Waals surface area (Å²) in [6.45, 7) is 2.80. The molecular formula is C27H30N3O3+. The molecule has 0 spiro atoms. The zero-order chi connectivity index (χ0) is 22.9. The Kier molecular flexibility index (Phi) is 5.72. The van der Waals surface area contributed by atoms with Crippen LogP contribution in [0, 0.1) is 0 Å². The van der Waals surface area contributed by atoms with Gasteiger partial charge in [0, 0.05) is 42.6 Å². The van der Waals surface area contributed by atoms with Gasteiger partial charge in [-0.2, -0.15) is 0 Å². The Morgan fingerprint density at radius 3 is 2.48 bits per heavy atom. The highest BCUT2D eigenvalue weighted by molar-refractivity contribution is 5.96. The van der Waals surface area contributed by atoms with Gasteiger partial charge in [-0.15, -0.1) is 0 Å². The summed E-state index contributed by atoms with van der Waals surface area (Å²) in [5.41, 5.74) is 2.23. The maximum Gasteiger partial charge on any atom is 0.348 e. The van der Waals surface area contributed by atoms with E-state index in [1.165, 1.54) is 0 Å². The van der Waals surface area contributed by atoms with Crippen molar-refractivity contribution in [2.75, 3.05) is 26.7 Å². The number of hydrogen-bond donors (Lipinski definition) is 1. The molecule has 2 atom stereocenters. The summed E-state index contributed by atoms with van der Waals surface area (Å²) in [5.74, 6) is -0.571. The number of hydrogen-bond acceptors (Lipinski definition) is 5. The fraction of sp³-hybridized carbons (Fsp3) is 0.370. The first-order chi connectivity index (χ1) is 16.0. The summed E-state index contributed by atoms with van der Waals surface area (Å²) in [5, 5.41) is 11.7. The molecule has 2 heterocycles. The molecule has 1 fully saturated rings. The summed E-state index contributed by atoms with van der Waals surface area (Å²) in [4.78, 5) is 22.0. The van der Waals surface area contributed by atoms with Crippen LogP contribution in [0.1, 0.15) is 36.1 Å². The number of carbonyl (C=O) groups is 1. The second-order valence-electron chi connectivity index (χ2n) is 9.52. The number of nitrogens with zero attached hydrogens (tertiary/aromatic N) is 3. The molecule has 5 rings (SSSR count). The van der Waals surface area contributed by atoms with Gasteiger partial charge in [0.1, 0.15) is 6.54 Å². The predicted molar refractivity (Wildman–Crippen MR) is 125 cm³/mol. The largest absolute Gasteiger partial charge is 0.454 e. The zero-order valence-corrected chi connectivity index (χ0v) is 19.0. The number of quaternary nitrogens is 1. The van der Waals surface area contributed by atoms with E-state index >= 15 is 0 Å². The van der Waals surface area contributed by atoms with Gasteiger partial charge in [0.05, 0.1) is 25.8 Å². The van der Waals surface area contributed by atoms with E-state index in [0.717, 1.165) is 66.6 Å². The second-order valence-corrected chi connectivity index (χ2v) is 9.52. The number of fused-ring (bicyclic) bond motifs is 3. The van der Waals surface area contributed by atoms with Gasteiger partial charge in [0.2, 0.25) is 5.60 Å². The van der Waals surface area contributed by atoms with E-state index < -0.39 is 11.6 Å². The zero-order valence-electron chi connectivity index (χ0n) is 19.0. The Morgan fingerprint density at radius 1 is 1.12 bits per heavy atom. The Bertz CT molecular complexity index is 1100. The SMILES string of the molecule is C[N+]1(CCCc2cnccn2)CCCC(OC(=O)C2(O)c3ccccc3-c3ccccc32)C1. The van der Waals surface area contributed by atoms with Crippen molar-refractivity contribution in [2.45, 2.75) is 37.4 Å². The van der Waals surface area contributed by atoms with Gasteiger partial charge in [-0.1, -0.05) is 48.5 Å². The first-order valence-electron chi connectivity index (χ1n) is 11.7. The Morgan fingerprint density at radius 2 is 1.82 bits per heavy atom. The van der Waals surface area contributed by atoms with Gasteiger partial charge in [-0.05, 0) is 24.0 Å². The first-order valence-corrected chi connectivity index (χ1v) is 11.7. The number of piperidine rings is 1. The van der Waals surface area contributed by atoms with Crippen molar-refractivity contribution in [1.29, 1.82) is 0 Å². The molecule has 2 aliphatic rings. The molecule has 1 N–H and O–H groups in total. The predicted octanol–water partition coefficient (Wildman–Crippen LogP) is 3.48. The van der Waals surface area contributed by atoms with Crippen molar-refractivity contribution in [3.8, 4) is 11.1 Å². The molecule has 1 aliphatic carbocycles. The molecule has 1 aliphatic heterocycles. The minimum absolute atomic E-state index is 0.211. The molecule has 3 aromatic rings. The number of ether oxygens (including phenoxy) is 1. The average Bonchev–Trinajstić information content (AvgIpc) is 3.10. The van der Waals surface area contributed by atoms with Crippen molar-refractivity contribution < 1.29 is 19.1 Å². The van der Waals surface area contributed by atoms with Gasteiger partial charge in [-0.3, -0.25) is 9.97 Å². The molecule has 2 aromatic carbocycles. The number of rotatable bonds is 6. The number of aromatic nitrogens is 2. The van der Waals surface area contributed by atoms with E-state index in [-0.39, 0.29) is 6.10 Å². The van der Waals surface area contributed by atoms with Crippen molar-refractivity contribution in [2.24, 2.45) is 0 Å². The van der Waals surface area contributed by atoms with E-state index in [4.69, 9.17) is 4.74 Å². The van der Waals surface area contributed by atoms with Gasteiger partial charge >= 0.3 is 5.97 Å². The number of aryl methyl sites for hydroxylation is 1. The van der Waals surface area contributed by atoms with E-state index in [2.05, 4.69) is 17.0 Å². The van der Waals surface area contributed by atoms with Crippen LogP contribution in [0.4, 0.5) is 0 Å². The highest BCUT2D eigenvalue weighted by Gasteiger charge is 2.50.